The minimum Gasteiger partial charge on any atom is -0.450 e. The van der Waals surface area contributed by atoms with Crippen molar-refractivity contribution in [2.75, 3.05) is 23.8 Å². The lowest BCUT2D eigenvalue weighted by molar-refractivity contribution is 0.00468. The second-order valence-electron chi connectivity index (χ2n) is 9.50. The molecule has 0 spiro atoms. The van der Waals surface area contributed by atoms with Gasteiger partial charge in [0.1, 0.15) is 11.3 Å². The van der Waals surface area contributed by atoms with E-state index in [1.807, 2.05) is 19.3 Å². The van der Waals surface area contributed by atoms with Crippen molar-refractivity contribution >= 4 is 34.2 Å². The van der Waals surface area contributed by atoms with E-state index in [4.69, 9.17) is 19.6 Å². The number of amides is 1. The van der Waals surface area contributed by atoms with Crippen molar-refractivity contribution < 1.29 is 23.5 Å². The molecule has 3 aromatic heterocycles. The van der Waals surface area contributed by atoms with E-state index in [-0.39, 0.29) is 30.3 Å². The van der Waals surface area contributed by atoms with Crippen LogP contribution in [0.5, 0.6) is 0 Å². The first kappa shape index (κ1) is 25.5. The molecule has 0 radical (unpaired) electrons. The molecule has 2 atom stereocenters. The normalized spacial score (nSPS) is 17.6. The van der Waals surface area contributed by atoms with E-state index >= 15 is 0 Å². The molecule has 11 heteroatoms. The van der Waals surface area contributed by atoms with Crippen LogP contribution in [-0.4, -0.2) is 56.8 Å². The van der Waals surface area contributed by atoms with E-state index in [0.717, 1.165) is 17.5 Å². The van der Waals surface area contributed by atoms with Gasteiger partial charge in [0.15, 0.2) is 5.76 Å². The fourth-order valence-corrected chi connectivity index (χ4v) is 5.01. The minimum absolute atomic E-state index is 0.0112. The van der Waals surface area contributed by atoms with Gasteiger partial charge in [0.2, 0.25) is 5.78 Å². The molecule has 2 N–H and O–H groups in total. The molecule has 1 aliphatic heterocycles. The SMILES string of the molecule is CCOC(=O)N(c1c(C(=O)c2cnn(C)c2)oc2cc(N)c(-c3cnn(C)c3)cc12)C1CCOC(CC)C1. The number of rotatable bonds is 7. The molecule has 2 unspecified atom stereocenters. The molecule has 200 valence electrons. The lowest BCUT2D eigenvalue weighted by Gasteiger charge is -2.36. The molecule has 1 saturated heterocycles. The second-order valence-corrected chi connectivity index (χ2v) is 9.50. The standard InChI is InChI=1S/C27H32N6O5/c1-5-19-9-18(7-8-37-19)33(27(35)36-6-2)24-21-10-20(16-12-29-31(3)14-16)22(28)11-23(21)38-26(24)25(34)17-13-30-32(4)15-17/h10-15,18-19H,5-9,28H2,1-4H3. The van der Waals surface area contributed by atoms with Crippen LogP contribution in [0.1, 0.15) is 49.2 Å². The van der Waals surface area contributed by atoms with Crippen LogP contribution in [0.25, 0.3) is 22.1 Å². The molecule has 4 aromatic rings. The van der Waals surface area contributed by atoms with Gasteiger partial charge in [-0.1, -0.05) is 6.92 Å². The summed E-state index contributed by atoms with van der Waals surface area (Å²) < 4.78 is 20.8. The fourth-order valence-electron chi connectivity index (χ4n) is 5.01. The number of fused-ring (bicyclic) bond motifs is 1. The van der Waals surface area contributed by atoms with Crippen LogP contribution in [-0.2, 0) is 23.6 Å². The van der Waals surface area contributed by atoms with Crippen LogP contribution in [0.3, 0.4) is 0 Å². The molecular formula is C27H32N6O5. The van der Waals surface area contributed by atoms with Gasteiger partial charge >= 0.3 is 6.09 Å². The third kappa shape index (κ3) is 4.65. The maximum absolute atomic E-state index is 13.8. The van der Waals surface area contributed by atoms with Gasteiger partial charge in [0, 0.05) is 67.4 Å². The predicted octanol–water partition coefficient (Wildman–Crippen LogP) is 4.30. The van der Waals surface area contributed by atoms with Gasteiger partial charge in [-0.25, -0.2) is 4.79 Å². The van der Waals surface area contributed by atoms with E-state index in [0.29, 0.717) is 47.4 Å². The Kier molecular flexibility index (Phi) is 6.94. The van der Waals surface area contributed by atoms with Crippen LogP contribution in [0, 0.1) is 0 Å². The van der Waals surface area contributed by atoms with Crippen molar-refractivity contribution in [3.05, 3.63) is 48.2 Å². The van der Waals surface area contributed by atoms with Gasteiger partial charge < -0.3 is 19.6 Å². The summed E-state index contributed by atoms with van der Waals surface area (Å²) >= 11 is 0. The minimum atomic E-state index is -0.544. The highest BCUT2D eigenvalue weighted by molar-refractivity contribution is 6.18. The highest BCUT2D eigenvalue weighted by Gasteiger charge is 2.38. The van der Waals surface area contributed by atoms with Crippen molar-refractivity contribution in [2.45, 2.75) is 45.3 Å². The number of anilines is 2. The van der Waals surface area contributed by atoms with Crippen LogP contribution in [0.2, 0.25) is 0 Å². The molecule has 0 aliphatic carbocycles. The lowest BCUT2D eigenvalue weighted by atomic mass is 9.97. The Morgan fingerprint density at radius 1 is 1.16 bits per heavy atom. The topological polar surface area (TPSA) is 131 Å². The second kappa shape index (κ2) is 10.3. The monoisotopic (exact) mass is 520 g/mol. The number of nitrogen functional groups attached to an aromatic ring is 1. The van der Waals surface area contributed by atoms with E-state index in [2.05, 4.69) is 17.1 Å². The first-order valence-electron chi connectivity index (χ1n) is 12.8. The van der Waals surface area contributed by atoms with E-state index in [1.165, 1.54) is 6.20 Å². The van der Waals surface area contributed by atoms with Crippen LogP contribution >= 0.6 is 0 Å². The number of nitrogens with zero attached hydrogens (tertiary/aromatic N) is 5. The molecule has 1 aliphatic rings. The van der Waals surface area contributed by atoms with Crippen molar-refractivity contribution in [2.24, 2.45) is 14.1 Å². The third-order valence-corrected chi connectivity index (χ3v) is 6.89. The average Bonchev–Trinajstić information content (AvgIpc) is 3.62. The Balaban J connectivity index is 1.75. The zero-order valence-electron chi connectivity index (χ0n) is 22.0. The average molecular weight is 521 g/mol. The number of ether oxygens (including phenoxy) is 2. The number of nitrogens with two attached hydrogens (primary N) is 1. The summed E-state index contributed by atoms with van der Waals surface area (Å²) in [6.45, 7) is 4.49. The van der Waals surface area contributed by atoms with Crippen molar-refractivity contribution in [1.82, 2.24) is 19.6 Å². The quantitative estimate of drug-likeness (QED) is 0.282. The van der Waals surface area contributed by atoms with Gasteiger partial charge in [0.05, 0.1) is 30.7 Å². The summed E-state index contributed by atoms with van der Waals surface area (Å²) in [6.07, 6.45) is 8.11. The lowest BCUT2D eigenvalue weighted by Crippen LogP contribution is -2.46. The Morgan fingerprint density at radius 3 is 2.58 bits per heavy atom. The molecule has 38 heavy (non-hydrogen) atoms. The van der Waals surface area contributed by atoms with Crippen LogP contribution < -0.4 is 10.6 Å². The van der Waals surface area contributed by atoms with Gasteiger partial charge in [0.25, 0.3) is 0 Å². The van der Waals surface area contributed by atoms with Crippen LogP contribution in [0.15, 0.2) is 41.3 Å². The number of hydrogen-bond donors (Lipinski definition) is 1. The van der Waals surface area contributed by atoms with Gasteiger partial charge in [-0.05, 0) is 32.3 Å². The molecule has 1 amide bonds. The number of carbonyl (C=O) groups is 2. The van der Waals surface area contributed by atoms with Crippen molar-refractivity contribution in [3.8, 4) is 11.1 Å². The van der Waals surface area contributed by atoms with Crippen molar-refractivity contribution in [3.63, 3.8) is 0 Å². The molecular weight excluding hydrogens is 488 g/mol. The molecule has 5 rings (SSSR count). The molecule has 0 saturated carbocycles. The number of aryl methyl sites for hydroxylation is 2. The number of hydrogen-bond acceptors (Lipinski definition) is 8. The van der Waals surface area contributed by atoms with Crippen LogP contribution in [0.4, 0.5) is 16.2 Å². The number of furan rings is 1. The number of ketones is 1. The first-order chi connectivity index (χ1) is 18.3. The largest absolute Gasteiger partial charge is 0.450 e. The van der Waals surface area contributed by atoms with Gasteiger partial charge in [-0.15, -0.1) is 0 Å². The van der Waals surface area contributed by atoms with E-state index in [1.54, 1.807) is 46.7 Å². The Morgan fingerprint density at radius 2 is 1.92 bits per heavy atom. The fraction of sp³-hybridized carbons (Fsp3) is 0.407. The highest BCUT2D eigenvalue weighted by atomic mass is 16.6. The maximum Gasteiger partial charge on any atom is 0.414 e. The number of benzene rings is 1. The summed E-state index contributed by atoms with van der Waals surface area (Å²) in [7, 11) is 3.55. The zero-order valence-corrected chi connectivity index (χ0v) is 22.0. The van der Waals surface area contributed by atoms with Gasteiger partial charge in [-0.2, -0.15) is 10.2 Å². The first-order valence-corrected chi connectivity index (χ1v) is 12.8. The van der Waals surface area contributed by atoms with Gasteiger partial charge in [-0.3, -0.25) is 19.1 Å². The summed E-state index contributed by atoms with van der Waals surface area (Å²) in [6, 6.07) is 3.28. The van der Waals surface area contributed by atoms with E-state index in [9.17, 15) is 9.59 Å². The number of aromatic nitrogens is 4. The smallest absolute Gasteiger partial charge is 0.414 e. The summed E-state index contributed by atoms with van der Waals surface area (Å²) in [4.78, 5) is 28.9. The Bertz CT molecular complexity index is 1480. The summed E-state index contributed by atoms with van der Waals surface area (Å²) in [5.74, 6) is -0.359. The predicted molar refractivity (Wildman–Crippen MR) is 142 cm³/mol. The number of carbonyl (C=O) groups excluding carboxylic acids is 2. The summed E-state index contributed by atoms with van der Waals surface area (Å²) in [5, 5.41) is 8.99. The third-order valence-electron chi connectivity index (χ3n) is 6.89. The molecule has 0 bridgehead atoms. The summed E-state index contributed by atoms with van der Waals surface area (Å²) in [5.41, 5.74) is 9.51. The zero-order chi connectivity index (χ0) is 27.0. The molecule has 1 aromatic carbocycles. The maximum atomic E-state index is 13.8. The van der Waals surface area contributed by atoms with Crippen molar-refractivity contribution in [1.29, 1.82) is 0 Å². The van der Waals surface area contributed by atoms with E-state index < -0.39 is 6.09 Å². The Hall–Kier alpha value is -4.12. The molecule has 1 fully saturated rings. The molecule has 11 nitrogen and oxygen atoms in total. The molecule has 4 heterocycles. The Labute approximate surface area is 220 Å². The highest BCUT2D eigenvalue weighted by Crippen LogP contribution is 2.42.